The number of aromatic nitrogens is 1. The van der Waals surface area contributed by atoms with Crippen LogP contribution in [0.3, 0.4) is 0 Å². The molecule has 98 valence electrons. The van der Waals surface area contributed by atoms with Crippen LogP contribution >= 0.6 is 0 Å². The first-order chi connectivity index (χ1) is 9.19. The molecule has 3 rings (SSSR count). The van der Waals surface area contributed by atoms with Gasteiger partial charge in [-0.2, -0.15) is 0 Å². The summed E-state index contributed by atoms with van der Waals surface area (Å²) in [7, 11) is 0. The number of nitrogens with zero attached hydrogens (tertiary/aromatic N) is 1. The Labute approximate surface area is 108 Å². The number of ether oxygens (including phenoxy) is 2. The van der Waals surface area contributed by atoms with E-state index in [2.05, 4.69) is 4.98 Å². The van der Waals surface area contributed by atoms with Crippen LogP contribution in [0.1, 0.15) is 16.1 Å². The van der Waals surface area contributed by atoms with Crippen molar-refractivity contribution >= 4 is 16.9 Å². The zero-order valence-corrected chi connectivity index (χ0v) is 10.0. The maximum atomic E-state index is 11.3. The van der Waals surface area contributed by atoms with Gasteiger partial charge in [0.25, 0.3) is 0 Å². The van der Waals surface area contributed by atoms with Gasteiger partial charge >= 0.3 is 5.97 Å². The first-order valence-corrected chi connectivity index (χ1v) is 5.85. The van der Waals surface area contributed by atoms with Crippen LogP contribution in [0, 0.1) is 0 Å². The largest absolute Gasteiger partial charge is 0.486 e. The summed E-state index contributed by atoms with van der Waals surface area (Å²) in [6, 6.07) is 4.83. The quantitative estimate of drug-likeness (QED) is 0.841. The maximum Gasteiger partial charge on any atom is 0.336 e. The third kappa shape index (κ3) is 1.96. The minimum Gasteiger partial charge on any atom is -0.486 e. The molecule has 3 N–H and O–H groups in total. The van der Waals surface area contributed by atoms with Gasteiger partial charge in [-0.05, 0) is 12.1 Å². The first kappa shape index (κ1) is 11.7. The molecule has 1 aromatic heterocycles. The fraction of sp³-hybridized carbons (Fsp3) is 0.231. The van der Waals surface area contributed by atoms with Crippen molar-refractivity contribution in [2.45, 2.75) is 6.54 Å². The van der Waals surface area contributed by atoms with Crippen LogP contribution in [0.4, 0.5) is 0 Å². The number of aromatic carboxylic acids is 1. The van der Waals surface area contributed by atoms with Crippen LogP contribution in [0.2, 0.25) is 0 Å². The molecule has 19 heavy (non-hydrogen) atoms. The second kappa shape index (κ2) is 4.40. The fourth-order valence-electron chi connectivity index (χ4n) is 2.10. The van der Waals surface area contributed by atoms with Crippen molar-refractivity contribution in [2.75, 3.05) is 13.2 Å². The van der Waals surface area contributed by atoms with Gasteiger partial charge in [0.1, 0.15) is 13.2 Å². The molecule has 1 aromatic carbocycles. The van der Waals surface area contributed by atoms with Gasteiger partial charge < -0.3 is 20.3 Å². The average molecular weight is 260 g/mol. The summed E-state index contributed by atoms with van der Waals surface area (Å²) in [6.07, 6.45) is 0. The molecule has 0 saturated heterocycles. The lowest BCUT2D eigenvalue weighted by atomic mass is 10.1. The molecule has 0 bridgehead atoms. The Morgan fingerprint density at radius 3 is 2.58 bits per heavy atom. The van der Waals surface area contributed by atoms with E-state index in [1.54, 1.807) is 12.1 Å². The van der Waals surface area contributed by atoms with E-state index in [4.69, 9.17) is 15.2 Å². The van der Waals surface area contributed by atoms with Gasteiger partial charge in [-0.3, -0.25) is 4.98 Å². The van der Waals surface area contributed by atoms with Crippen LogP contribution in [0.15, 0.2) is 18.2 Å². The number of fused-ring (bicyclic) bond motifs is 2. The molecule has 1 aliphatic rings. The molecule has 0 unspecified atom stereocenters. The predicted molar refractivity (Wildman–Crippen MR) is 67.6 cm³/mol. The Bertz CT molecular complexity index is 669. The molecule has 2 heterocycles. The van der Waals surface area contributed by atoms with Crippen molar-refractivity contribution in [3.63, 3.8) is 0 Å². The summed E-state index contributed by atoms with van der Waals surface area (Å²) in [5.41, 5.74) is 6.78. The number of benzene rings is 1. The molecular weight excluding hydrogens is 248 g/mol. The lowest BCUT2D eigenvalue weighted by Gasteiger charge is -2.19. The molecule has 0 fully saturated rings. The van der Waals surface area contributed by atoms with E-state index >= 15 is 0 Å². The highest BCUT2D eigenvalue weighted by Crippen LogP contribution is 2.35. The highest BCUT2D eigenvalue weighted by atomic mass is 16.6. The molecule has 0 amide bonds. The summed E-state index contributed by atoms with van der Waals surface area (Å²) >= 11 is 0. The highest BCUT2D eigenvalue weighted by Gasteiger charge is 2.18. The Morgan fingerprint density at radius 2 is 1.95 bits per heavy atom. The molecule has 0 atom stereocenters. The van der Waals surface area contributed by atoms with Crippen molar-refractivity contribution < 1.29 is 19.4 Å². The van der Waals surface area contributed by atoms with E-state index in [9.17, 15) is 9.90 Å². The molecular formula is C13H12N2O4. The molecule has 6 heteroatoms. The normalized spacial score (nSPS) is 13.5. The number of carbonyl (C=O) groups is 1. The SMILES string of the molecule is NCc1cc(C(=O)O)c2cc3c(cc2n1)OCCO3. The number of hydrogen-bond acceptors (Lipinski definition) is 5. The Kier molecular flexibility index (Phi) is 2.72. The minimum absolute atomic E-state index is 0.169. The zero-order valence-electron chi connectivity index (χ0n) is 10.0. The zero-order chi connectivity index (χ0) is 13.4. The second-order valence-electron chi connectivity index (χ2n) is 4.18. The topological polar surface area (TPSA) is 94.7 Å². The standard InChI is InChI=1S/C13H12N2O4/c14-6-7-3-9(13(16)17)8-4-11-12(5-10(8)15-7)19-2-1-18-11/h3-5H,1-2,6,14H2,(H,16,17). The van der Waals surface area contributed by atoms with E-state index in [-0.39, 0.29) is 12.1 Å². The van der Waals surface area contributed by atoms with Crippen LogP contribution in [-0.2, 0) is 6.54 Å². The van der Waals surface area contributed by atoms with Crippen molar-refractivity contribution in [1.82, 2.24) is 4.98 Å². The van der Waals surface area contributed by atoms with E-state index in [0.29, 0.717) is 41.3 Å². The molecule has 0 aliphatic carbocycles. The van der Waals surface area contributed by atoms with E-state index in [1.165, 1.54) is 6.07 Å². The number of nitrogens with two attached hydrogens (primary N) is 1. The minimum atomic E-state index is -1.02. The van der Waals surface area contributed by atoms with Crippen molar-refractivity contribution in [2.24, 2.45) is 5.73 Å². The van der Waals surface area contributed by atoms with Gasteiger partial charge in [-0.15, -0.1) is 0 Å². The van der Waals surface area contributed by atoms with Crippen LogP contribution < -0.4 is 15.2 Å². The van der Waals surface area contributed by atoms with E-state index < -0.39 is 5.97 Å². The first-order valence-electron chi connectivity index (χ1n) is 5.85. The van der Waals surface area contributed by atoms with Gasteiger partial charge in [-0.1, -0.05) is 0 Å². The van der Waals surface area contributed by atoms with Gasteiger partial charge in [-0.25, -0.2) is 4.79 Å². The highest BCUT2D eigenvalue weighted by molar-refractivity contribution is 6.03. The lowest BCUT2D eigenvalue weighted by molar-refractivity contribution is 0.0699. The summed E-state index contributed by atoms with van der Waals surface area (Å²) < 4.78 is 10.9. The van der Waals surface area contributed by atoms with Gasteiger partial charge in [0.2, 0.25) is 0 Å². The maximum absolute atomic E-state index is 11.3. The van der Waals surface area contributed by atoms with E-state index in [0.717, 1.165) is 0 Å². The molecule has 0 radical (unpaired) electrons. The lowest BCUT2D eigenvalue weighted by Crippen LogP contribution is -2.15. The smallest absolute Gasteiger partial charge is 0.336 e. The Balaban J connectivity index is 2.30. The molecule has 1 aliphatic heterocycles. The summed E-state index contributed by atoms with van der Waals surface area (Å²) in [4.78, 5) is 15.6. The number of hydrogen-bond donors (Lipinski definition) is 2. The van der Waals surface area contributed by atoms with E-state index in [1.807, 2.05) is 0 Å². The van der Waals surface area contributed by atoms with Crippen molar-refractivity contribution in [3.05, 3.63) is 29.5 Å². The Morgan fingerprint density at radius 1 is 1.26 bits per heavy atom. The monoisotopic (exact) mass is 260 g/mol. The molecule has 0 saturated carbocycles. The van der Waals surface area contributed by atoms with Crippen LogP contribution in [0.5, 0.6) is 11.5 Å². The third-order valence-electron chi connectivity index (χ3n) is 2.97. The molecule has 6 nitrogen and oxygen atoms in total. The van der Waals surface area contributed by atoms with Crippen molar-refractivity contribution in [3.8, 4) is 11.5 Å². The third-order valence-corrected chi connectivity index (χ3v) is 2.97. The number of carboxylic acids is 1. The van der Waals surface area contributed by atoms with Crippen LogP contribution in [0.25, 0.3) is 10.9 Å². The Hall–Kier alpha value is -2.34. The number of carboxylic acid groups (broad SMARTS) is 1. The summed E-state index contributed by atoms with van der Waals surface area (Å²) in [5, 5.41) is 9.79. The summed E-state index contributed by atoms with van der Waals surface area (Å²) in [5.74, 6) is 0.110. The van der Waals surface area contributed by atoms with Gasteiger partial charge in [0.05, 0.1) is 16.8 Å². The molecule has 0 spiro atoms. The molecule has 2 aromatic rings. The number of pyridine rings is 1. The second-order valence-corrected chi connectivity index (χ2v) is 4.18. The number of rotatable bonds is 2. The predicted octanol–water partition coefficient (Wildman–Crippen LogP) is 1.16. The van der Waals surface area contributed by atoms with Gasteiger partial charge in [0.15, 0.2) is 11.5 Å². The average Bonchev–Trinajstić information content (AvgIpc) is 2.43. The fourth-order valence-corrected chi connectivity index (χ4v) is 2.10. The van der Waals surface area contributed by atoms with Gasteiger partial charge in [0, 0.05) is 18.0 Å². The summed E-state index contributed by atoms with van der Waals surface area (Å²) in [6.45, 7) is 1.11. The van der Waals surface area contributed by atoms with Crippen molar-refractivity contribution in [1.29, 1.82) is 0 Å². The van der Waals surface area contributed by atoms with Crippen LogP contribution in [-0.4, -0.2) is 29.3 Å².